The molecule has 0 aliphatic rings. The molecule has 0 spiro atoms. The van der Waals surface area contributed by atoms with Gasteiger partial charge in [0.2, 0.25) is 5.91 Å². The molecule has 0 saturated carbocycles. The highest BCUT2D eigenvalue weighted by Gasteiger charge is 2.48. The zero-order valence-corrected chi connectivity index (χ0v) is 12.4. The summed E-state index contributed by atoms with van der Waals surface area (Å²) < 4.78 is 39.3. The van der Waals surface area contributed by atoms with Crippen LogP contribution in [-0.2, 0) is 11.3 Å². The van der Waals surface area contributed by atoms with Gasteiger partial charge < -0.3 is 10.0 Å². The molecule has 0 aliphatic carbocycles. The lowest BCUT2D eigenvalue weighted by atomic mass is 10.1. The first kappa shape index (κ1) is 17.0. The molecule has 1 rings (SSSR count). The van der Waals surface area contributed by atoms with E-state index >= 15 is 0 Å². The van der Waals surface area contributed by atoms with Gasteiger partial charge in [0.1, 0.15) is 0 Å². The molecule has 3 nitrogen and oxygen atoms in total. The second kappa shape index (κ2) is 7.08. The van der Waals surface area contributed by atoms with Crippen LogP contribution in [0.3, 0.4) is 0 Å². The SMILES string of the molecule is CC(=O)N(Cc1ccccc1)[C@H]([C@@H](O)CBr)C(F)(F)F. The highest BCUT2D eigenvalue weighted by atomic mass is 79.9. The number of nitrogens with zero attached hydrogens (tertiary/aromatic N) is 1. The molecule has 0 fully saturated rings. The second-order valence-electron chi connectivity index (χ2n) is 4.34. The predicted octanol–water partition coefficient (Wildman–Crippen LogP) is 2.72. The number of hydrogen-bond acceptors (Lipinski definition) is 2. The molecule has 0 aromatic heterocycles. The Morgan fingerprint density at radius 3 is 2.30 bits per heavy atom. The highest BCUT2D eigenvalue weighted by molar-refractivity contribution is 9.09. The van der Waals surface area contributed by atoms with Crippen LogP contribution in [0.5, 0.6) is 0 Å². The van der Waals surface area contributed by atoms with E-state index in [0.717, 1.165) is 6.92 Å². The van der Waals surface area contributed by atoms with Gasteiger partial charge in [0.15, 0.2) is 6.04 Å². The van der Waals surface area contributed by atoms with Crippen molar-refractivity contribution in [2.75, 3.05) is 5.33 Å². The normalized spacial score (nSPS) is 14.7. The van der Waals surface area contributed by atoms with Crippen LogP contribution in [0.15, 0.2) is 30.3 Å². The largest absolute Gasteiger partial charge is 0.411 e. The number of rotatable bonds is 5. The molecular weight excluding hydrogens is 339 g/mol. The first-order valence-electron chi connectivity index (χ1n) is 5.89. The standard InChI is InChI=1S/C13H15BrF3NO2/c1-9(19)18(8-10-5-3-2-4-6-10)12(11(20)7-14)13(15,16)17/h2-6,11-12,20H,7-8H2,1H3/t11-,12+/m0/s1. The smallest absolute Gasteiger partial charge is 0.390 e. The van der Waals surface area contributed by atoms with Crippen molar-refractivity contribution in [2.24, 2.45) is 0 Å². The maximum Gasteiger partial charge on any atom is 0.411 e. The summed E-state index contributed by atoms with van der Waals surface area (Å²) in [5.74, 6) is -0.740. The third-order valence-corrected chi connectivity index (χ3v) is 3.46. The minimum Gasteiger partial charge on any atom is -0.390 e. The van der Waals surface area contributed by atoms with Gasteiger partial charge in [-0.25, -0.2) is 0 Å². The van der Waals surface area contributed by atoms with Crippen molar-refractivity contribution in [3.8, 4) is 0 Å². The number of halogens is 4. The van der Waals surface area contributed by atoms with Crippen molar-refractivity contribution in [1.29, 1.82) is 0 Å². The number of alkyl halides is 4. The quantitative estimate of drug-likeness (QED) is 0.827. The van der Waals surface area contributed by atoms with E-state index in [2.05, 4.69) is 15.9 Å². The van der Waals surface area contributed by atoms with Gasteiger partial charge in [0.25, 0.3) is 0 Å². The predicted molar refractivity (Wildman–Crippen MR) is 72.3 cm³/mol. The van der Waals surface area contributed by atoms with E-state index in [4.69, 9.17) is 0 Å². The molecule has 0 radical (unpaired) electrons. The Bertz CT molecular complexity index is 439. The second-order valence-corrected chi connectivity index (χ2v) is 4.99. The third-order valence-electron chi connectivity index (χ3n) is 2.79. The van der Waals surface area contributed by atoms with E-state index in [1.807, 2.05) is 0 Å². The van der Waals surface area contributed by atoms with Gasteiger partial charge >= 0.3 is 6.18 Å². The fourth-order valence-electron chi connectivity index (χ4n) is 1.87. The Labute approximate surface area is 123 Å². The molecule has 2 atom stereocenters. The highest BCUT2D eigenvalue weighted by Crippen LogP contribution is 2.29. The van der Waals surface area contributed by atoms with E-state index in [0.29, 0.717) is 10.5 Å². The minimum absolute atomic E-state index is 0.204. The zero-order chi connectivity index (χ0) is 15.3. The minimum atomic E-state index is -4.70. The molecule has 112 valence electrons. The van der Waals surface area contributed by atoms with Gasteiger partial charge in [-0.3, -0.25) is 4.79 Å². The fraction of sp³-hybridized carbons (Fsp3) is 0.462. The number of carbonyl (C=O) groups is 1. The average molecular weight is 354 g/mol. The van der Waals surface area contributed by atoms with Crippen molar-refractivity contribution >= 4 is 21.8 Å². The lowest BCUT2D eigenvalue weighted by molar-refractivity contribution is -0.208. The molecule has 0 aliphatic heterocycles. The van der Waals surface area contributed by atoms with Crippen LogP contribution in [-0.4, -0.2) is 39.6 Å². The molecule has 0 bridgehead atoms. The van der Waals surface area contributed by atoms with Gasteiger partial charge in [-0.15, -0.1) is 0 Å². The molecule has 0 saturated heterocycles. The van der Waals surface area contributed by atoms with Crippen LogP contribution in [0.25, 0.3) is 0 Å². The van der Waals surface area contributed by atoms with E-state index < -0.39 is 24.2 Å². The Kier molecular flexibility index (Phi) is 6.01. The number of aliphatic hydroxyl groups is 1. The monoisotopic (exact) mass is 353 g/mol. The molecular formula is C13H15BrF3NO2. The molecule has 20 heavy (non-hydrogen) atoms. The van der Waals surface area contributed by atoms with Gasteiger partial charge in [-0.05, 0) is 5.56 Å². The van der Waals surface area contributed by atoms with E-state index in [-0.39, 0.29) is 11.9 Å². The summed E-state index contributed by atoms with van der Waals surface area (Å²) in [6, 6.07) is 6.11. The number of benzene rings is 1. The van der Waals surface area contributed by atoms with Crippen molar-refractivity contribution in [2.45, 2.75) is 31.8 Å². The Balaban J connectivity index is 3.06. The number of hydrogen-bond donors (Lipinski definition) is 1. The van der Waals surface area contributed by atoms with Gasteiger partial charge in [-0.2, -0.15) is 13.2 Å². The van der Waals surface area contributed by atoms with Crippen molar-refractivity contribution in [3.05, 3.63) is 35.9 Å². The first-order valence-corrected chi connectivity index (χ1v) is 7.01. The van der Waals surface area contributed by atoms with Gasteiger partial charge in [0, 0.05) is 18.8 Å². The van der Waals surface area contributed by atoms with Crippen LogP contribution in [0, 0.1) is 0 Å². The maximum atomic E-state index is 13.1. The van der Waals surface area contributed by atoms with Crippen LogP contribution in [0.2, 0.25) is 0 Å². The number of aliphatic hydroxyl groups excluding tert-OH is 1. The van der Waals surface area contributed by atoms with Gasteiger partial charge in [-0.1, -0.05) is 46.3 Å². The van der Waals surface area contributed by atoms with Crippen LogP contribution in [0.1, 0.15) is 12.5 Å². The Hall–Kier alpha value is -1.08. The summed E-state index contributed by atoms with van der Waals surface area (Å²) in [5.41, 5.74) is 0.568. The summed E-state index contributed by atoms with van der Waals surface area (Å²) >= 11 is 2.82. The molecule has 7 heteroatoms. The molecule has 1 N–H and O–H groups in total. The van der Waals surface area contributed by atoms with Crippen molar-refractivity contribution in [1.82, 2.24) is 4.90 Å². The Morgan fingerprint density at radius 1 is 1.35 bits per heavy atom. The zero-order valence-electron chi connectivity index (χ0n) is 10.8. The van der Waals surface area contributed by atoms with Crippen LogP contribution < -0.4 is 0 Å². The average Bonchev–Trinajstić information content (AvgIpc) is 2.37. The maximum absolute atomic E-state index is 13.1. The van der Waals surface area contributed by atoms with E-state index in [9.17, 15) is 23.1 Å². The molecule has 1 aromatic rings. The summed E-state index contributed by atoms with van der Waals surface area (Å²) in [4.78, 5) is 12.2. The first-order chi connectivity index (χ1) is 9.27. The molecule has 0 unspecified atom stereocenters. The fourth-order valence-corrected chi connectivity index (χ4v) is 2.23. The van der Waals surface area contributed by atoms with Crippen molar-refractivity contribution in [3.63, 3.8) is 0 Å². The third kappa shape index (κ3) is 4.49. The summed E-state index contributed by atoms with van der Waals surface area (Å²) in [6.45, 7) is 0.854. The topological polar surface area (TPSA) is 40.5 Å². The molecule has 1 amide bonds. The summed E-state index contributed by atoms with van der Waals surface area (Å²) in [5, 5.41) is 9.32. The molecule has 0 heterocycles. The van der Waals surface area contributed by atoms with Crippen molar-refractivity contribution < 1.29 is 23.1 Å². The molecule has 1 aromatic carbocycles. The van der Waals surface area contributed by atoms with Crippen LogP contribution in [0.4, 0.5) is 13.2 Å². The number of carbonyl (C=O) groups excluding carboxylic acids is 1. The number of amides is 1. The lowest BCUT2D eigenvalue weighted by Gasteiger charge is -2.35. The van der Waals surface area contributed by atoms with E-state index in [1.54, 1.807) is 30.3 Å². The van der Waals surface area contributed by atoms with Crippen LogP contribution >= 0.6 is 15.9 Å². The summed E-state index contributed by atoms with van der Waals surface area (Å²) in [7, 11) is 0. The lowest BCUT2D eigenvalue weighted by Crippen LogP contribution is -2.54. The van der Waals surface area contributed by atoms with E-state index in [1.165, 1.54) is 0 Å². The summed E-state index contributed by atoms with van der Waals surface area (Å²) in [6.07, 6.45) is -6.42. The van der Waals surface area contributed by atoms with Gasteiger partial charge in [0.05, 0.1) is 6.10 Å². The Morgan fingerprint density at radius 2 is 1.90 bits per heavy atom.